The van der Waals surface area contributed by atoms with E-state index in [1.807, 2.05) is 0 Å². The molecule has 0 unspecified atom stereocenters. The fraction of sp³-hybridized carbons (Fsp3) is 0. The molecule has 4 heavy (non-hydrogen) atoms. The maximum atomic E-state index is 7.00. The quantitative estimate of drug-likeness (QED) is 0.317. The van der Waals surface area contributed by atoms with Gasteiger partial charge in [-0.15, -0.1) is 0 Å². The monoisotopic (exact) mass is 52.0 g/mol. The molecule has 18 valence electrons. The molecule has 0 heterocycles. The fourth-order valence-electron chi connectivity index (χ4n) is 0. The Bertz CT molecular complexity index is 6.00. The predicted molar refractivity (Wildman–Crippen MR) is 15.9 cm³/mol. The Balaban J connectivity index is 0. The van der Waals surface area contributed by atoms with E-state index in [0.717, 1.165) is 0 Å². The summed E-state index contributed by atoms with van der Waals surface area (Å²) < 4.78 is 0. The van der Waals surface area contributed by atoms with Crippen LogP contribution in [0, 0.1) is 0 Å². The Labute approximate surface area is 37.3 Å². The molecule has 0 aliphatic carbocycles. The average Bonchev–Trinajstić information content (AvgIpc) is 0.918. The van der Waals surface area contributed by atoms with Crippen molar-refractivity contribution in [1.82, 2.24) is 0 Å². The molecule has 0 aromatic rings. The summed E-state index contributed by atoms with van der Waals surface area (Å²) in [6.45, 7) is 0. The van der Waals surface area contributed by atoms with E-state index < -0.39 is 0 Å². The molecule has 0 amide bonds. The largest absolute Gasteiger partial charge is 0.482 e. The number of hydrogen-bond donors (Lipinski definition) is 2. The molecule has 0 bridgehead atoms. The summed E-state index contributed by atoms with van der Waals surface area (Å²) in [5.74, 6) is 0. The van der Waals surface area contributed by atoms with Crippen LogP contribution >= 0.6 is 0 Å². The molecule has 0 aromatic heterocycles. The zero-order chi connectivity index (χ0) is 2.71. The standard InChI is InChI=1S/BH2O2.Li/c2-1-3;/h2-3H;. The predicted octanol–water partition coefficient (Wildman–Crippen LogP) is -1.88. The Morgan fingerprint density at radius 3 is 1.25 bits per heavy atom. The second kappa shape index (κ2) is 9.54. The smallest absolute Gasteiger partial charge is 0.429 e. The van der Waals surface area contributed by atoms with E-state index in [1.54, 1.807) is 0 Å². The van der Waals surface area contributed by atoms with Crippen molar-refractivity contribution in [2.45, 2.75) is 0 Å². The summed E-state index contributed by atoms with van der Waals surface area (Å²) in [7, 11) is 0. The van der Waals surface area contributed by atoms with E-state index in [1.165, 1.54) is 0 Å². The molecular weight excluding hydrogens is 49.8 g/mol. The minimum absolute atomic E-state index is 0. The maximum Gasteiger partial charge on any atom is 0.482 e. The van der Waals surface area contributed by atoms with Crippen molar-refractivity contribution < 1.29 is 10.0 Å². The van der Waals surface area contributed by atoms with E-state index in [0.29, 0.717) is 0 Å². The first-order valence-electron chi connectivity index (χ1n) is 0.516. The van der Waals surface area contributed by atoms with E-state index in [9.17, 15) is 0 Å². The molecule has 2 radical (unpaired) electrons. The van der Waals surface area contributed by atoms with Crippen LogP contribution in [0.3, 0.4) is 0 Å². The van der Waals surface area contributed by atoms with Gasteiger partial charge in [0.15, 0.2) is 0 Å². The number of hydrogen-bond acceptors (Lipinski definition) is 2. The van der Waals surface area contributed by atoms with Crippen LogP contribution in [0.2, 0.25) is 0 Å². The van der Waals surface area contributed by atoms with Gasteiger partial charge in [0.05, 0.1) is 0 Å². The van der Waals surface area contributed by atoms with Crippen molar-refractivity contribution in [2.24, 2.45) is 0 Å². The van der Waals surface area contributed by atoms with Crippen molar-refractivity contribution in [1.29, 1.82) is 0 Å². The van der Waals surface area contributed by atoms with Crippen LogP contribution in [0.4, 0.5) is 0 Å². The van der Waals surface area contributed by atoms with Crippen LogP contribution < -0.4 is 0 Å². The minimum atomic E-state index is 0. The van der Waals surface area contributed by atoms with Gasteiger partial charge < -0.3 is 10.0 Å². The Kier molecular flexibility index (Phi) is 21.0. The molecule has 0 saturated heterocycles. The first-order chi connectivity index (χ1) is 1.41. The zero-order valence-electron chi connectivity index (χ0n) is 2.47. The topological polar surface area (TPSA) is 40.5 Å². The molecule has 0 aliphatic rings. The van der Waals surface area contributed by atoms with Crippen molar-refractivity contribution in [2.75, 3.05) is 0 Å². The molecule has 2 N–H and O–H groups in total. The van der Waals surface area contributed by atoms with Gasteiger partial charge in [-0.1, -0.05) is 0 Å². The Hall–Kier alpha value is 0.582. The third-order valence-electron chi connectivity index (χ3n) is 0. The van der Waals surface area contributed by atoms with Crippen molar-refractivity contribution in [3.8, 4) is 0 Å². The van der Waals surface area contributed by atoms with Crippen LogP contribution in [0.5, 0.6) is 0 Å². The summed E-state index contributed by atoms with van der Waals surface area (Å²) in [5, 5.41) is 14.0. The van der Waals surface area contributed by atoms with Gasteiger partial charge in [0.2, 0.25) is 0 Å². The fourth-order valence-corrected chi connectivity index (χ4v) is 0. The third-order valence-corrected chi connectivity index (χ3v) is 0. The van der Waals surface area contributed by atoms with Crippen LogP contribution in [0.25, 0.3) is 0 Å². The molecule has 0 spiro atoms. The molecule has 0 aromatic carbocycles. The van der Waals surface area contributed by atoms with Crippen LogP contribution in [0.15, 0.2) is 0 Å². The first-order valence-corrected chi connectivity index (χ1v) is 0.516. The van der Waals surface area contributed by atoms with Crippen molar-refractivity contribution >= 4 is 26.5 Å². The summed E-state index contributed by atoms with van der Waals surface area (Å²) in [6.07, 6.45) is 0. The molecule has 4 heteroatoms. The van der Waals surface area contributed by atoms with Gasteiger partial charge in [-0.3, -0.25) is 0 Å². The average molecular weight is 51.8 g/mol. The summed E-state index contributed by atoms with van der Waals surface area (Å²) in [6, 6.07) is 0. The van der Waals surface area contributed by atoms with E-state index in [-0.39, 0.29) is 26.5 Å². The van der Waals surface area contributed by atoms with Gasteiger partial charge in [-0.05, 0) is 0 Å². The van der Waals surface area contributed by atoms with E-state index in [2.05, 4.69) is 0 Å². The van der Waals surface area contributed by atoms with Crippen molar-refractivity contribution in [3.63, 3.8) is 0 Å². The molecule has 2 nitrogen and oxygen atoms in total. The molecule has 0 aliphatic heterocycles. The number of rotatable bonds is 0. The summed E-state index contributed by atoms with van der Waals surface area (Å²) in [5.41, 5.74) is 0. The van der Waals surface area contributed by atoms with Crippen molar-refractivity contribution in [3.05, 3.63) is 0 Å². The van der Waals surface area contributed by atoms with Gasteiger partial charge in [0.25, 0.3) is 0 Å². The van der Waals surface area contributed by atoms with Gasteiger partial charge in [-0.25, -0.2) is 0 Å². The summed E-state index contributed by atoms with van der Waals surface area (Å²) >= 11 is 0. The maximum absolute atomic E-state index is 7.00. The molecule has 0 atom stereocenters. The van der Waals surface area contributed by atoms with E-state index >= 15 is 0 Å². The molecular formula is H2BLiO2. The van der Waals surface area contributed by atoms with Crippen LogP contribution in [-0.2, 0) is 0 Å². The third kappa shape index (κ3) is 19.1. The SMILES string of the molecule is O[B]O.[Li]. The zero-order valence-corrected chi connectivity index (χ0v) is 2.47. The van der Waals surface area contributed by atoms with Gasteiger partial charge in [0, 0.05) is 18.9 Å². The molecule has 0 fully saturated rings. The second-order valence-electron chi connectivity index (χ2n) is 0.115. The Morgan fingerprint density at radius 1 is 1.25 bits per heavy atom. The first kappa shape index (κ1) is 8.82. The van der Waals surface area contributed by atoms with Crippen LogP contribution in [0.1, 0.15) is 0 Å². The normalized spacial score (nSPS) is 3.50. The molecule has 0 saturated carbocycles. The minimum Gasteiger partial charge on any atom is -0.429 e. The van der Waals surface area contributed by atoms with Gasteiger partial charge >= 0.3 is 7.69 Å². The molecule has 0 rings (SSSR count). The Morgan fingerprint density at radius 2 is 1.25 bits per heavy atom. The van der Waals surface area contributed by atoms with E-state index in [4.69, 9.17) is 10.0 Å². The van der Waals surface area contributed by atoms with Gasteiger partial charge in [0.1, 0.15) is 0 Å². The summed E-state index contributed by atoms with van der Waals surface area (Å²) in [4.78, 5) is 0. The van der Waals surface area contributed by atoms with Crippen LogP contribution in [-0.4, -0.2) is 36.6 Å². The second-order valence-corrected chi connectivity index (χ2v) is 0.115. The van der Waals surface area contributed by atoms with Gasteiger partial charge in [-0.2, -0.15) is 0 Å².